The van der Waals surface area contributed by atoms with Crippen molar-refractivity contribution in [2.75, 3.05) is 41.0 Å². The number of piperidine rings is 1. The molecule has 0 spiro atoms. The fourth-order valence-electron chi connectivity index (χ4n) is 4.00. The Hall–Kier alpha value is -2.25. The number of hydrogen-bond acceptors (Lipinski definition) is 8. The van der Waals surface area contributed by atoms with Gasteiger partial charge in [-0.25, -0.2) is 8.42 Å². The maximum absolute atomic E-state index is 13.1. The number of fused-ring (bicyclic) bond motifs is 1. The molecule has 1 aromatic carbocycles. The van der Waals surface area contributed by atoms with E-state index >= 15 is 0 Å². The van der Waals surface area contributed by atoms with E-state index in [0.29, 0.717) is 59.6 Å². The number of rotatable bonds is 8. The van der Waals surface area contributed by atoms with E-state index in [4.69, 9.17) is 14.2 Å². The molecular weight excluding hydrogens is 498 g/mol. The number of benzene rings is 1. The quantitative estimate of drug-likeness (QED) is 0.448. The predicted octanol–water partition coefficient (Wildman–Crippen LogP) is 2.96. The third-order valence-electron chi connectivity index (χ3n) is 5.81. The molecule has 1 aliphatic heterocycles. The van der Waals surface area contributed by atoms with Gasteiger partial charge in [-0.15, -0.1) is 11.3 Å². The van der Waals surface area contributed by atoms with Crippen LogP contribution in [0.2, 0.25) is 0 Å². The number of nitrogens with zero attached hydrogens (tertiary/aromatic N) is 3. The van der Waals surface area contributed by atoms with E-state index in [2.05, 4.69) is 4.99 Å². The van der Waals surface area contributed by atoms with Crippen molar-refractivity contribution in [3.63, 3.8) is 0 Å². The predicted molar refractivity (Wildman–Crippen MR) is 131 cm³/mol. The number of hydrogen-bond donors (Lipinski definition) is 0. The number of amides is 1. The van der Waals surface area contributed by atoms with Gasteiger partial charge < -0.3 is 18.8 Å². The highest BCUT2D eigenvalue weighted by atomic mass is 32.2. The molecule has 1 aliphatic rings. The molecule has 0 unspecified atom stereocenters. The lowest BCUT2D eigenvalue weighted by molar-refractivity contribution is -0.122. The summed E-state index contributed by atoms with van der Waals surface area (Å²) in [6, 6.07) is 6.98. The molecule has 34 heavy (non-hydrogen) atoms. The van der Waals surface area contributed by atoms with Gasteiger partial charge in [0.1, 0.15) is 25.9 Å². The molecule has 12 heteroatoms. The minimum atomic E-state index is -3.51. The zero-order valence-corrected chi connectivity index (χ0v) is 21.7. The monoisotopic (exact) mass is 525 g/mol. The molecule has 9 nitrogen and oxygen atoms in total. The van der Waals surface area contributed by atoms with Gasteiger partial charge in [-0.1, -0.05) is 17.4 Å². The highest BCUT2D eigenvalue weighted by molar-refractivity contribution is 7.91. The van der Waals surface area contributed by atoms with E-state index in [9.17, 15) is 13.2 Å². The van der Waals surface area contributed by atoms with Gasteiger partial charge in [0.15, 0.2) is 4.80 Å². The normalized spacial score (nSPS) is 16.3. The van der Waals surface area contributed by atoms with Crippen LogP contribution in [0.5, 0.6) is 11.5 Å². The smallest absolute Gasteiger partial charge is 0.252 e. The Morgan fingerprint density at radius 3 is 2.44 bits per heavy atom. The van der Waals surface area contributed by atoms with Crippen molar-refractivity contribution in [2.24, 2.45) is 10.9 Å². The lowest BCUT2D eigenvalue weighted by atomic mass is 9.98. The van der Waals surface area contributed by atoms with Gasteiger partial charge in [-0.05, 0) is 36.4 Å². The molecular formula is C22H27N3O6S3. The summed E-state index contributed by atoms with van der Waals surface area (Å²) in [6.45, 7) is 1.52. The molecule has 1 fully saturated rings. The molecule has 0 radical (unpaired) electrons. The van der Waals surface area contributed by atoms with Gasteiger partial charge in [-0.3, -0.25) is 4.79 Å². The largest absolute Gasteiger partial charge is 0.495 e. The summed E-state index contributed by atoms with van der Waals surface area (Å²) in [5.41, 5.74) is 0.798. The molecule has 3 heterocycles. The molecule has 3 aromatic rings. The van der Waals surface area contributed by atoms with E-state index in [-0.39, 0.29) is 11.8 Å². The number of thiazole rings is 1. The number of ether oxygens (including phenoxy) is 3. The Balaban J connectivity index is 1.62. The third kappa shape index (κ3) is 4.78. The van der Waals surface area contributed by atoms with Gasteiger partial charge in [0.05, 0.1) is 20.8 Å². The van der Waals surface area contributed by atoms with Crippen LogP contribution in [0.1, 0.15) is 12.8 Å². The molecule has 2 aromatic heterocycles. The lowest BCUT2D eigenvalue weighted by Gasteiger charge is -2.29. The molecule has 0 aliphatic carbocycles. The number of carbonyl (C=O) groups excluding carboxylic acids is 1. The number of sulfonamides is 1. The number of aromatic nitrogens is 1. The van der Waals surface area contributed by atoms with Crippen molar-refractivity contribution in [2.45, 2.75) is 23.6 Å². The molecule has 184 valence electrons. The maximum atomic E-state index is 13.1. The first-order chi connectivity index (χ1) is 16.4. The summed E-state index contributed by atoms with van der Waals surface area (Å²) in [5.74, 6) is 0.751. The van der Waals surface area contributed by atoms with E-state index in [1.807, 2.05) is 16.7 Å². The minimum absolute atomic E-state index is 0.246. The van der Waals surface area contributed by atoms with Crippen LogP contribution >= 0.6 is 22.7 Å². The summed E-state index contributed by atoms with van der Waals surface area (Å²) in [6.07, 6.45) is 0.866. The number of thiophene rings is 1. The lowest BCUT2D eigenvalue weighted by Crippen LogP contribution is -2.40. The second kappa shape index (κ2) is 10.6. The Bertz CT molecular complexity index is 1320. The van der Waals surface area contributed by atoms with Crippen LogP contribution in [0.25, 0.3) is 10.2 Å². The van der Waals surface area contributed by atoms with E-state index in [1.54, 1.807) is 38.8 Å². The zero-order valence-electron chi connectivity index (χ0n) is 19.2. The Morgan fingerprint density at radius 2 is 1.82 bits per heavy atom. The molecule has 0 saturated carbocycles. The van der Waals surface area contributed by atoms with Gasteiger partial charge in [0.2, 0.25) is 0 Å². The van der Waals surface area contributed by atoms with Crippen molar-refractivity contribution in [1.82, 2.24) is 8.87 Å². The fourth-order valence-corrected chi connectivity index (χ4v) is 7.78. The highest BCUT2D eigenvalue weighted by Crippen LogP contribution is 2.35. The molecule has 0 N–H and O–H groups in total. The Kier molecular flexibility index (Phi) is 7.73. The average molecular weight is 526 g/mol. The van der Waals surface area contributed by atoms with E-state index in [0.717, 1.165) is 10.2 Å². The molecule has 0 bridgehead atoms. The first kappa shape index (κ1) is 24.9. The maximum Gasteiger partial charge on any atom is 0.252 e. The summed E-state index contributed by atoms with van der Waals surface area (Å²) in [4.78, 5) is 18.1. The molecule has 0 atom stereocenters. The average Bonchev–Trinajstić information content (AvgIpc) is 3.51. The van der Waals surface area contributed by atoms with Gasteiger partial charge in [0, 0.05) is 32.7 Å². The van der Waals surface area contributed by atoms with Gasteiger partial charge in [-0.2, -0.15) is 9.30 Å². The highest BCUT2D eigenvalue weighted by Gasteiger charge is 2.32. The van der Waals surface area contributed by atoms with Crippen molar-refractivity contribution in [1.29, 1.82) is 0 Å². The molecule has 4 rings (SSSR count). The SMILES string of the molecule is COCCn1c(=NC(=O)C2CCN(S(=O)(=O)c3cccs3)CC2)sc2c(OC)ccc(OC)c21. The summed E-state index contributed by atoms with van der Waals surface area (Å²) in [5, 5.41) is 1.75. The fraction of sp³-hybridized carbons (Fsp3) is 0.455. The molecule has 1 saturated heterocycles. The van der Waals surface area contributed by atoms with Crippen LogP contribution in [-0.4, -0.2) is 64.2 Å². The Labute approximate surface area is 206 Å². The van der Waals surface area contributed by atoms with E-state index in [1.165, 1.54) is 27.0 Å². The minimum Gasteiger partial charge on any atom is -0.495 e. The zero-order chi connectivity index (χ0) is 24.3. The second-order valence-electron chi connectivity index (χ2n) is 7.74. The number of carbonyl (C=O) groups is 1. The second-order valence-corrected chi connectivity index (χ2v) is 11.8. The van der Waals surface area contributed by atoms with Crippen molar-refractivity contribution in [3.8, 4) is 11.5 Å². The van der Waals surface area contributed by atoms with Crippen molar-refractivity contribution >= 4 is 48.8 Å². The van der Waals surface area contributed by atoms with Crippen molar-refractivity contribution in [3.05, 3.63) is 34.4 Å². The van der Waals surface area contributed by atoms with Crippen LogP contribution in [-0.2, 0) is 26.1 Å². The van der Waals surface area contributed by atoms with Gasteiger partial charge in [0.25, 0.3) is 15.9 Å². The van der Waals surface area contributed by atoms with Crippen LogP contribution in [0.3, 0.4) is 0 Å². The molecule has 1 amide bonds. The van der Waals surface area contributed by atoms with Crippen LogP contribution in [0.15, 0.2) is 38.8 Å². The summed E-state index contributed by atoms with van der Waals surface area (Å²) < 4.78 is 46.4. The first-order valence-corrected chi connectivity index (χ1v) is 13.9. The van der Waals surface area contributed by atoms with Crippen molar-refractivity contribution < 1.29 is 27.4 Å². The third-order valence-corrected chi connectivity index (χ3v) is 10.2. The van der Waals surface area contributed by atoms with Crippen LogP contribution in [0, 0.1) is 5.92 Å². The standard InChI is InChI=1S/C22H27N3O6S3/c1-29-13-12-25-19-16(30-2)6-7-17(31-3)20(19)33-22(25)23-21(26)15-8-10-24(11-9-15)34(27,28)18-5-4-14-32-18/h4-7,14-15H,8-13H2,1-3H3. The summed E-state index contributed by atoms with van der Waals surface area (Å²) >= 11 is 2.56. The first-order valence-electron chi connectivity index (χ1n) is 10.8. The van der Waals surface area contributed by atoms with E-state index < -0.39 is 10.0 Å². The summed E-state index contributed by atoms with van der Waals surface area (Å²) in [7, 11) is 1.30. The number of methoxy groups -OCH3 is 3. The Morgan fingerprint density at radius 1 is 1.12 bits per heavy atom. The van der Waals surface area contributed by atoms with Gasteiger partial charge >= 0.3 is 0 Å². The van der Waals surface area contributed by atoms with Crippen LogP contribution in [0.4, 0.5) is 0 Å². The van der Waals surface area contributed by atoms with Crippen LogP contribution < -0.4 is 14.3 Å². The topological polar surface area (TPSA) is 99.4 Å².